The lowest BCUT2D eigenvalue weighted by Crippen LogP contribution is -2.10. The number of unbranched alkanes of at least 4 members (excludes halogenated alkanes) is 1. The Kier molecular flexibility index (Phi) is 5.98. The van der Waals surface area contributed by atoms with Gasteiger partial charge in [0.15, 0.2) is 0 Å². The number of rotatable bonds is 8. The molecule has 6 nitrogen and oxygen atoms in total. The van der Waals surface area contributed by atoms with E-state index in [0.717, 1.165) is 6.42 Å². The molecule has 21 heavy (non-hydrogen) atoms. The van der Waals surface area contributed by atoms with Crippen molar-refractivity contribution in [3.8, 4) is 0 Å². The summed E-state index contributed by atoms with van der Waals surface area (Å²) in [4.78, 5) is 10.6. The van der Waals surface area contributed by atoms with Crippen molar-refractivity contribution in [2.24, 2.45) is 7.05 Å². The van der Waals surface area contributed by atoms with Crippen LogP contribution >= 0.6 is 0 Å². The van der Waals surface area contributed by atoms with Gasteiger partial charge in [-0.1, -0.05) is 13.3 Å². The number of nitrogens with one attached hydrogen (secondary N) is 1. The molecule has 1 N–H and O–H groups in total. The topological polar surface area (TPSA) is 73.0 Å². The van der Waals surface area contributed by atoms with Crippen LogP contribution in [0.3, 0.4) is 0 Å². The van der Waals surface area contributed by atoms with Gasteiger partial charge in [-0.2, -0.15) is 18.3 Å². The van der Waals surface area contributed by atoms with E-state index in [4.69, 9.17) is 0 Å². The maximum Gasteiger partial charge on any atom is 0.389 e. The molecule has 0 aliphatic rings. The first-order valence-electron chi connectivity index (χ1n) is 6.77. The van der Waals surface area contributed by atoms with Gasteiger partial charge in [0.2, 0.25) is 5.82 Å². The molecule has 0 unspecified atom stereocenters. The number of aryl methyl sites for hydroxylation is 2. The molecule has 0 amide bonds. The SMILES string of the molecule is CCCc1nn(C)c(NCCCCC(F)(F)F)c1[N+](=O)[O-]. The van der Waals surface area contributed by atoms with Crippen LogP contribution in [0.15, 0.2) is 0 Å². The fraction of sp³-hybridized carbons (Fsp3) is 0.750. The van der Waals surface area contributed by atoms with Gasteiger partial charge in [-0.25, -0.2) is 4.68 Å². The van der Waals surface area contributed by atoms with Gasteiger partial charge >= 0.3 is 11.9 Å². The number of hydrogen-bond acceptors (Lipinski definition) is 4. The highest BCUT2D eigenvalue weighted by Crippen LogP contribution is 2.29. The van der Waals surface area contributed by atoms with E-state index >= 15 is 0 Å². The normalized spacial score (nSPS) is 11.7. The summed E-state index contributed by atoms with van der Waals surface area (Å²) >= 11 is 0. The molecule has 0 atom stereocenters. The van der Waals surface area contributed by atoms with Gasteiger partial charge in [0.1, 0.15) is 5.69 Å². The Bertz CT molecular complexity index is 486. The first-order valence-corrected chi connectivity index (χ1v) is 6.77. The quantitative estimate of drug-likeness (QED) is 0.453. The molecule has 0 aliphatic carbocycles. The summed E-state index contributed by atoms with van der Waals surface area (Å²) in [5.41, 5.74) is 0.304. The van der Waals surface area contributed by atoms with Crippen LogP contribution in [-0.2, 0) is 13.5 Å². The van der Waals surface area contributed by atoms with Crippen LogP contribution in [-0.4, -0.2) is 27.4 Å². The predicted molar refractivity (Wildman–Crippen MR) is 72.3 cm³/mol. The van der Waals surface area contributed by atoms with E-state index in [0.29, 0.717) is 12.1 Å². The summed E-state index contributed by atoms with van der Waals surface area (Å²) in [6.07, 6.45) is -3.52. The van der Waals surface area contributed by atoms with E-state index < -0.39 is 17.5 Å². The third-order valence-corrected chi connectivity index (χ3v) is 2.94. The van der Waals surface area contributed by atoms with Crippen LogP contribution in [0, 0.1) is 10.1 Å². The number of nitro groups is 1. The van der Waals surface area contributed by atoms with Crippen LogP contribution in [0.1, 0.15) is 38.3 Å². The van der Waals surface area contributed by atoms with Crippen molar-refractivity contribution in [2.75, 3.05) is 11.9 Å². The molecule has 0 fully saturated rings. The maximum absolute atomic E-state index is 12.0. The molecule has 0 saturated heterocycles. The number of hydrogen-bond donors (Lipinski definition) is 1. The zero-order chi connectivity index (χ0) is 16.0. The van der Waals surface area contributed by atoms with Gasteiger partial charge in [0, 0.05) is 20.0 Å². The van der Waals surface area contributed by atoms with Crippen molar-refractivity contribution in [1.82, 2.24) is 9.78 Å². The average molecular weight is 308 g/mol. The van der Waals surface area contributed by atoms with Gasteiger partial charge in [0.25, 0.3) is 0 Å². The van der Waals surface area contributed by atoms with E-state index in [-0.39, 0.29) is 30.9 Å². The van der Waals surface area contributed by atoms with Gasteiger partial charge < -0.3 is 5.32 Å². The molecule has 0 aromatic carbocycles. The first-order chi connectivity index (χ1) is 9.76. The van der Waals surface area contributed by atoms with E-state index in [1.54, 1.807) is 7.05 Å². The van der Waals surface area contributed by atoms with E-state index in [1.807, 2.05) is 6.92 Å². The minimum atomic E-state index is -4.16. The summed E-state index contributed by atoms with van der Waals surface area (Å²) in [6.45, 7) is 2.13. The number of nitrogens with zero attached hydrogens (tertiary/aromatic N) is 3. The van der Waals surface area contributed by atoms with Crippen LogP contribution in [0.4, 0.5) is 24.7 Å². The van der Waals surface area contributed by atoms with Crippen molar-refractivity contribution in [3.05, 3.63) is 15.8 Å². The Morgan fingerprint density at radius 3 is 2.57 bits per heavy atom. The lowest BCUT2D eigenvalue weighted by atomic mass is 10.2. The summed E-state index contributed by atoms with van der Waals surface area (Å²) in [5.74, 6) is 0.246. The molecule has 1 rings (SSSR count). The van der Waals surface area contributed by atoms with Gasteiger partial charge in [-0.3, -0.25) is 10.1 Å². The van der Waals surface area contributed by atoms with Crippen LogP contribution < -0.4 is 5.32 Å². The Hall–Kier alpha value is -1.80. The van der Waals surface area contributed by atoms with Crippen molar-refractivity contribution < 1.29 is 18.1 Å². The van der Waals surface area contributed by atoms with Gasteiger partial charge in [-0.15, -0.1) is 0 Å². The molecule has 120 valence electrons. The Balaban J connectivity index is 2.64. The number of alkyl halides is 3. The fourth-order valence-electron chi connectivity index (χ4n) is 2.02. The van der Waals surface area contributed by atoms with Crippen LogP contribution in [0.25, 0.3) is 0 Å². The maximum atomic E-state index is 12.0. The summed E-state index contributed by atoms with van der Waals surface area (Å²) in [5, 5.41) is 18.0. The molecular weight excluding hydrogens is 289 g/mol. The van der Waals surface area contributed by atoms with Gasteiger partial charge in [-0.05, 0) is 19.3 Å². The van der Waals surface area contributed by atoms with E-state index in [9.17, 15) is 23.3 Å². The highest BCUT2D eigenvalue weighted by Gasteiger charge is 2.27. The van der Waals surface area contributed by atoms with Crippen molar-refractivity contribution in [1.29, 1.82) is 0 Å². The standard InChI is InChI=1S/C12H19F3N4O2/c1-3-6-9-10(19(20)21)11(18(2)17-9)16-8-5-4-7-12(13,14)15/h16H,3-8H2,1-2H3. The molecule has 0 spiro atoms. The zero-order valence-electron chi connectivity index (χ0n) is 12.0. The number of halogens is 3. The molecule has 0 saturated carbocycles. The smallest absolute Gasteiger partial charge is 0.365 e. The van der Waals surface area contributed by atoms with Crippen molar-refractivity contribution in [3.63, 3.8) is 0 Å². The van der Waals surface area contributed by atoms with E-state index in [1.165, 1.54) is 4.68 Å². The van der Waals surface area contributed by atoms with Gasteiger partial charge in [0.05, 0.1) is 4.92 Å². The summed E-state index contributed by atoms with van der Waals surface area (Å²) in [7, 11) is 1.57. The Morgan fingerprint density at radius 2 is 2.05 bits per heavy atom. The second kappa shape index (κ2) is 7.28. The second-order valence-corrected chi connectivity index (χ2v) is 4.77. The third kappa shape index (κ3) is 5.24. The number of anilines is 1. The zero-order valence-corrected chi connectivity index (χ0v) is 12.0. The molecule has 9 heteroatoms. The predicted octanol–water partition coefficient (Wildman–Crippen LogP) is 3.43. The fourth-order valence-corrected chi connectivity index (χ4v) is 2.02. The minimum absolute atomic E-state index is 0.00995. The highest BCUT2D eigenvalue weighted by molar-refractivity contribution is 5.59. The largest absolute Gasteiger partial charge is 0.389 e. The molecule has 1 aromatic heterocycles. The number of aromatic nitrogens is 2. The lowest BCUT2D eigenvalue weighted by molar-refractivity contribution is -0.384. The summed E-state index contributed by atoms with van der Waals surface area (Å²) < 4.78 is 37.4. The highest BCUT2D eigenvalue weighted by atomic mass is 19.4. The average Bonchev–Trinajstić information content (AvgIpc) is 2.64. The molecule has 0 radical (unpaired) electrons. The van der Waals surface area contributed by atoms with Crippen molar-refractivity contribution in [2.45, 2.75) is 45.2 Å². The third-order valence-electron chi connectivity index (χ3n) is 2.94. The monoisotopic (exact) mass is 308 g/mol. The van der Waals surface area contributed by atoms with Crippen molar-refractivity contribution >= 4 is 11.5 Å². The van der Waals surface area contributed by atoms with E-state index in [2.05, 4.69) is 10.4 Å². The second-order valence-electron chi connectivity index (χ2n) is 4.77. The van der Waals surface area contributed by atoms with Crippen LogP contribution in [0.5, 0.6) is 0 Å². The lowest BCUT2D eigenvalue weighted by Gasteiger charge is -2.07. The Labute approximate surface area is 120 Å². The molecule has 1 heterocycles. The Morgan fingerprint density at radius 1 is 1.38 bits per heavy atom. The summed E-state index contributed by atoms with van der Waals surface area (Å²) in [6, 6.07) is 0. The molecule has 1 aromatic rings. The molecule has 0 bridgehead atoms. The van der Waals surface area contributed by atoms with Crippen LogP contribution in [0.2, 0.25) is 0 Å². The first kappa shape index (κ1) is 17.3. The molecular formula is C12H19F3N4O2. The minimum Gasteiger partial charge on any atom is -0.365 e. The molecule has 0 aliphatic heterocycles.